The van der Waals surface area contributed by atoms with Crippen LogP contribution in [0.4, 0.5) is 0 Å². The van der Waals surface area contributed by atoms with Crippen molar-refractivity contribution in [2.75, 3.05) is 26.7 Å². The summed E-state index contributed by atoms with van der Waals surface area (Å²) in [7, 11) is -1.51. The molecule has 1 aliphatic heterocycles. The predicted molar refractivity (Wildman–Crippen MR) is 82.5 cm³/mol. The zero-order chi connectivity index (χ0) is 15.8. The van der Waals surface area contributed by atoms with Crippen molar-refractivity contribution in [3.63, 3.8) is 0 Å². The molecule has 21 heavy (non-hydrogen) atoms. The third-order valence-corrected chi connectivity index (χ3v) is 6.10. The van der Waals surface area contributed by atoms with Gasteiger partial charge < -0.3 is 5.11 Å². The van der Waals surface area contributed by atoms with Crippen molar-refractivity contribution in [2.24, 2.45) is 0 Å². The van der Waals surface area contributed by atoms with E-state index in [1.54, 1.807) is 31.2 Å². The van der Waals surface area contributed by atoms with Crippen molar-refractivity contribution in [2.45, 2.75) is 37.3 Å². The monoisotopic (exact) mass is 312 g/mol. The van der Waals surface area contributed by atoms with Crippen LogP contribution in [0.25, 0.3) is 0 Å². The van der Waals surface area contributed by atoms with Gasteiger partial charge in [-0.05, 0) is 45.5 Å². The van der Waals surface area contributed by atoms with E-state index < -0.39 is 16.1 Å². The third kappa shape index (κ3) is 3.29. The lowest BCUT2D eigenvalue weighted by atomic mass is 10.0. The molecule has 6 heteroatoms. The predicted octanol–water partition coefficient (Wildman–Crippen LogP) is 1.45. The molecule has 0 aromatic heterocycles. The van der Waals surface area contributed by atoms with Crippen molar-refractivity contribution in [1.82, 2.24) is 9.21 Å². The van der Waals surface area contributed by atoms with Gasteiger partial charge in [-0.3, -0.25) is 4.90 Å². The fraction of sp³-hybridized carbons (Fsp3) is 0.600. The molecule has 118 valence electrons. The van der Waals surface area contributed by atoms with Gasteiger partial charge in [0.2, 0.25) is 10.0 Å². The Balaban J connectivity index is 2.32. The lowest BCUT2D eigenvalue weighted by Crippen LogP contribution is -2.58. The van der Waals surface area contributed by atoms with E-state index in [0.29, 0.717) is 25.2 Å². The van der Waals surface area contributed by atoms with Crippen LogP contribution in [0.5, 0.6) is 0 Å². The molecular weight excluding hydrogens is 288 g/mol. The molecule has 1 aliphatic rings. The Morgan fingerprint density at radius 3 is 2.52 bits per heavy atom. The van der Waals surface area contributed by atoms with Crippen LogP contribution < -0.4 is 0 Å². The number of aliphatic hydroxyl groups excluding tert-OH is 1. The van der Waals surface area contributed by atoms with Crippen LogP contribution in [0, 0.1) is 0 Å². The fourth-order valence-corrected chi connectivity index (χ4v) is 4.13. The summed E-state index contributed by atoms with van der Waals surface area (Å²) < 4.78 is 27.1. The molecule has 0 bridgehead atoms. The minimum absolute atomic E-state index is 0.187. The third-order valence-electron chi connectivity index (χ3n) is 4.26. The van der Waals surface area contributed by atoms with Crippen molar-refractivity contribution >= 4 is 10.0 Å². The standard InChI is InChI=1S/C15H24N2O3S/c1-12(18)13-6-5-7-14(10-13)21(19,20)17-9-8-16(4)15(2,3)11-17/h5-7,10,12,18H,8-9,11H2,1-4H3. The lowest BCUT2D eigenvalue weighted by Gasteiger charge is -2.44. The maximum atomic E-state index is 12.8. The number of benzene rings is 1. The van der Waals surface area contributed by atoms with Crippen molar-refractivity contribution in [1.29, 1.82) is 0 Å². The van der Waals surface area contributed by atoms with E-state index in [-0.39, 0.29) is 10.4 Å². The maximum absolute atomic E-state index is 12.8. The van der Waals surface area contributed by atoms with Crippen molar-refractivity contribution in [3.8, 4) is 0 Å². The molecule has 0 amide bonds. The summed E-state index contributed by atoms with van der Waals surface area (Å²) in [5, 5.41) is 9.63. The van der Waals surface area contributed by atoms with Gasteiger partial charge in [-0.25, -0.2) is 8.42 Å². The molecule has 5 nitrogen and oxygen atoms in total. The Labute approximate surface area is 127 Å². The molecule has 2 rings (SSSR count). The smallest absolute Gasteiger partial charge is 0.243 e. The largest absolute Gasteiger partial charge is 0.389 e. The van der Waals surface area contributed by atoms with Crippen LogP contribution in [-0.2, 0) is 10.0 Å². The molecule has 0 saturated carbocycles. The molecule has 0 radical (unpaired) electrons. The number of nitrogens with zero attached hydrogens (tertiary/aromatic N) is 2. The van der Waals surface area contributed by atoms with Gasteiger partial charge in [0.05, 0.1) is 11.0 Å². The van der Waals surface area contributed by atoms with E-state index in [0.717, 1.165) is 0 Å². The molecule has 1 saturated heterocycles. The lowest BCUT2D eigenvalue weighted by molar-refractivity contribution is 0.0801. The molecule has 1 atom stereocenters. The zero-order valence-electron chi connectivity index (χ0n) is 13.1. The highest BCUT2D eigenvalue weighted by Crippen LogP contribution is 2.26. The van der Waals surface area contributed by atoms with Gasteiger partial charge in [0.25, 0.3) is 0 Å². The molecule has 1 aromatic carbocycles. The minimum Gasteiger partial charge on any atom is -0.389 e. The van der Waals surface area contributed by atoms with Crippen LogP contribution in [0.15, 0.2) is 29.2 Å². The average molecular weight is 312 g/mol. The first kappa shape index (κ1) is 16.4. The highest BCUT2D eigenvalue weighted by molar-refractivity contribution is 7.89. The zero-order valence-corrected chi connectivity index (χ0v) is 13.9. The van der Waals surface area contributed by atoms with E-state index in [1.165, 1.54) is 4.31 Å². The summed E-state index contributed by atoms with van der Waals surface area (Å²) >= 11 is 0. The van der Waals surface area contributed by atoms with E-state index in [1.807, 2.05) is 20.9 Å². The normalized spacial score (nSPS) is 22.1. The topological polar surface area (TPSA) is 60.9 Å². The molecule has 1 unspecified atom stereocenters. The fourth-order valence-electron chi connectivity index (χ4n) is 2.48. The van der Waals surface area contributed by atoms with Gasteiger partial charge in [-0.15, -0.1) is 0 Å². The Morgan fingerprint density at radius 2 is 1.95 bits per heavy atom. The number of piperazine rings is 1. The van der Waals surface area contributed by atoms with Crippen molar-refractivity contribution in [3.05, 3.63) is 29.8 Å². The van der Waals surface area contributed by atoms with Crippen LogP contribution in [-0.4, -0.2) is 55.0 Å². The van der Waals surface area contributed by atoms with Gasteiger partial charge in [0.15, 0.2) is 0 Å². The molecule has 1 N–H and O–H groups in total. The quantitative estimate of drug-likeness (QED) is 0.918. The van der Waals surface area contributed by atoms with Gasteiger partial charge in [0, 0.05) is 25.2 Å². The van der Waals surface area contributed by atoms with Gasteiger partial charge in [-0.2, -0.15) is 4.31 Å². The van der Waals surface area contributed by atoms with E-state index in [4.69, 9.17) is 0 Å². The van der Waals surface area contributed by atoms with E-state index in [9.17, 15) is 13.5 Å². The van der Waals surface area contributed by atoms with Gasteiger partial charge in [-0.1, -0.05) is 12.1 Å². The second-order valence-corrected chi connectivity index (χ2v) is 8.26. The maximum Gasteiger partial charge on any atom is 0.243 e. The van der Waals surface area contributed by atoms with E-state index >= 15 is 0 Å². The van der Waals surface area contributed by atoms with Gasteiger partial charge >= 0.3 is 0 Å². The minimum atomic E-state index is -3.52. The first-order valence-electron chi connectivity index (χ1n) is 7.14. The van der Waals surface area contributed by atoms with Crippen LogP contribution in [0.3, 0.4) is 0 Å². The summed E-state index contributed by atoms with van der Waals surface area (Å²) in [5.74, 6) is 0. The van der Waals surface area contributed by atoms with E-state index in [2.05, 4.69) is 4.90 Å². The first-order chi connectivity index (χ1) is 9.64. The summed E-state index contributed by atoms with van der Waals surface area (Å²) in [5.41, 5.74) is 0.428. The summed E-state index contributed by atoms with van der Waals surface area (Å²) in [6.07, 6.45) is -0.677. The highest BCUT2D eigenvalue weighted by atomic mass is 32.2. The first-order valence-corrected chi connectivity index (χ1v) is 8.58. The van der Waals surface area contributed by atoms with Crippen LogP contribution >= 0.6 is 0 Å². The molecule has 0 spiro atoms. The average Bonchev–Trinajstić information content (AvgIpc) is 2.41. The SMILES string of the molecule is CC(O)c1cccc(S(=O)(=O)N2CCN(C)C(C)(C)C2)c1. The molecule has 1 heterocycles. The summed E-state index contributed by atoms with van der Waals surface area (Å²) in [4.78, 5) is 2.42. The van der Waals surface area contributed by atoms with Crippen molar-refractivity contribution < 1.29 is 13.5 Å². The second-order valence-electron chi connectivity index (χ2n) is 6.32. The Hall–Kier alpha value is -0.950. The molecule has 1 fully saturated rings. The van der Waals surface area contributed by atoms with Crippen LogP contribution in [0.1, 0.15) is 32.4 Å². The number of likely N-dealkylation sites (N-methyl/N-ethyl adjacent to an activating group) is 1. The summed E-state index contributed by atoms with van der Waals surface area (Å²) in [6, 6.07) is 6.56. The molecule has 1 aromatic rings. The number of aliphatic hydroxyl groups is 1. The number of sulfonamides is 1. The number of rotatable bonds is 3. The summed E-state index contributed by atoms with van der Waals surface area (Å²) in [6.45, 7) is 7.38. The number of hydrogen-bond donors (Lipinski definition) is 1. The van der Waals surface area contributed by atoms with Gasteiger partial charge in [0.1, 0.15) is 0 Å². The Morgan fingerprint density at radius 1 is 1.29 bits per heavy atom. The molecule has 0 aliphatic carbocycles. The number of hydrogen-bond acceptors (Lipinski definition) is 4. The Kier molecular flexibility index (Phi) is 4.44. The van der Waals surface area contributed by atoms with Crippen LogP contribution in [0.2, 0.25) is 0 Å². The Bertz CT molecular complexity index is 611. The molecular formula is C15H24N2O3S. The second kappa shape index (κ2) is 5.68. The highest BCUT2D eigenvalue weighted by Gasteiger charge is 2.37.